The van der Waals surface area contributed by atoms with Crippen LogP contribution in [0.3, 0.4) is 0 Å². The van der Waals surface area contributed by atoms with Crippen molar-refractivity contribution in [3.05, 3.63) is 58.1 Å². The van der Waals surface area contributed by atoms with Gasteiger partial charge in [-0.05, 0) is 42.8 Å². The van der Waals surface area contributed by atoms with E-state index in [1.54, 1.807) is 12.1 Å². The van der Waals surface area contributed by atoms with Gasteiger partial charge in [-0.15, -0.1) is 0 Å². The van der Waals surface area contributed by atoms with Gasteiger partial charge in [0.25, 0.3) is 0 Å². The number of carbonyl (C=O) groups is 2. The number of carboxylic acids is 1. The van der Waals surface area contributed by atoms with Crippen LogP contribution in [0, 0.1) is 6.92 Å². The summed E-state index contributed by atoms with van der Waals surface area (Å²) in [5.74, 6) is -1.06. The van der Waals surface area contributed by atoms with E-state index in [0.29, 0.717) is 15.8 Å². The van der Waals surface area contributed by atoms with E-state index in [1.165, 1.54) is 12.1 Å². The summed E-state index contributed by atoms with van der Waals surface area (Å²) in [4.78, 5) is 22.9. The van der Waals surface area contributed by atoms with Crippen molar-refractivity contribution in [2.24, 2.45) is 0 Å². The lowest BCUT2D eigenvalue weighted by molar-refractivity contribution is 0.0697. The van der Waals surface area contributed by atoms with E-state index in [9.17, 15) is 9.59 Å². The van der Waals surface area contributed by atoms with Crippen LogP contribution in [0.25, 0.3) is 0 Å². The Morgan fingerprint density at radius 3 is 2.43 bits per heavy atom. The monoisotopic (exact) mass is 348 g/mol. The maximum atomic E-state index is 11.9. The summed E-state index contributed by atoms with van der Waals surface area (Å²) in [5, 5.41) is 14.3. The zero-order chi connectivity index (χ0) is 15.4. The Morgan fingerprint density at radius 1 is 1.05 bits per heavy atom. The van der Waals surface area contributed by atoms with E-state index >= 15 is 0 Å². The van der Waals surface area contributed by atoms with Gasteiger partial charge in [-0.25, -0.2) is 9.59 Å². The van der Waals surface area contributed by atoms with Crippen molar-refractivity contribution in [2.75, 3.05) is 10.6 Å². The molecule has 0 aliphatic rings. The minimum absolute atomic E-state index is 0.0928. The fourth-order valence-electron chi connectivity index (χ4n) is 1.80. The number of rotatable bonds is 3. The van der Waals surface area contributed by atoms with Crippen LogP contribution in [0.15, 0.2) is 46.9 Å². The molecule has 0 spiro atoms. The maximum absolute atomic E-state index is 11.9. The maximum Gasteiger partial charge on any atom is 0.335 e. The molecule has 0 saturated carbocycles. The Hall–Kier alpha value is -2.34. The van der Waals surface area contributed by atoms with Gasteiger partial charge in [0.2, 0.25) is 0 Å². The SMILES string of the molecule is Cc1cccc(NC(=O)Nc2cc(Br)cc(C(=O)O)c2)c1. The summed E-state index contributed by atoms with van der Waals surface area (Å²) in [5.41, 5.74) is 2.19. The predicted molar refractivity (Wildman–Crippen MR) is 84.9 cm³/mol. The zero-order valence-corrected chi connectivity index (χ0v) is 12.8. The van der Waals surface area contributed by atoms with Crippen LogP contribution in [0.1, 0.15) is 15.9 Å². The molecule has 0 aliphatic heterocycles. The average molecular weight is 349 g/mol. The van der Waals surface area contributed by atoms with Crippen molar-refractivity contribution >= 4 is 39.3 Å². The quantitative estimate of drug-likeness (QED) is 0.781. The molecular weight excluding hydrogens is 336 g/mol. The number of urea groups is 1. The molecule has 3 N–H and O–H groups in total. The lowest BCUT2D eigenvalue weighted by atomic mass is 10.2. The minimum Gasteiger partial charge on any atom is -0.478 e. The number of halogens is 1. The van der Waals surface area contributed by atoms with Crippen LogP contribution < -0.4 is 10.6 Å². The topological polar surface area (TPSA) is 78.4 Å². The van der Waals surface area contributed by atoms with Crippen molar-refractivity contribution in [3.63, 3.8) is 0 Å². The molecule has 0 fully saturated rings. The number of carboxylic acid groups (broad SMARTS) is 1. The summed E-state index contributed by atoms with van der Waals surface area (Å²) < 4.78 is 0.577. The third kappa shape index (κ3) is 4.32. The largest absolute Gasteiger partial charge is 0.478 e. The average Bonchev–Trinajstić information content (AvgIpc) is 2.37. The molecule has 108 valence electrons. The van der Waals surface area contributed by atoms with E-state index in [0.717, 1.165) is 5.56 Å². The first-order valence-electron chi connectivity index (χ1n) is 6.12. The van der Waals surface area contributed by atoms with Gasteiger partial charge in [0.1, 0.15) is 0 Å². The van der Waals surface area contributed by atoms with Gasteiger partial charge in [-0.1, -0.05) is 28.1 Å². The molecule has 2 rings (SSSR count). The van der Waals surface area contributed by atoms with Crippen molar-refractivity contribution in [2.45, 2.75) is 6.92 Å². The molecule has 6 heteroatoms. The third-order valence-electron chi connectivity index (χ3n) is 2.68. The van der Waals surface area contributed by atoms with Crippen molar-refractivity contribution in [3.8, 4) is 0 Å². The van der Waals surface area contributed by atoms with Gasteiger partial charge in [0.05, 0.1) is 5.56 Å². The number of aromatic carboxylic acids is 1. The fourth-order valence-corrected chi connectivity index (χ4v) is 2.29. The third-order valence-corrected chi connectivity index (χ3v) is 3.14. The molecule has 2 aromatic carbocycles. The highest BCUT2D eigenvalue weighted by molar-refractivity contribution is 9.10. The predicted octanol–water partition coefficient (Wildman–Crippen LogP) is 4.10. The molecule has 0 aromatic heterocycles. The Balaban J connectivity index is 2.11. The lowest BCUT2D eigenvalue weighted by Gasteiger charge is -2.09. The second-order valence-electron chi connectivity index (χ2n) is 4.48. The van der Waals surface area contributed by atoms with Crippen molar-refractivity contribution < 1.29 is 14.7 Å². The number of anilines is 2. The molecule has 0 radical (unpaired) electrons. The molecule has 0 aliphatic carbocycles. The molecule has 21 heavy (non-hydrogen) atoms. The molecule has 2 amide bonds. The normalized spacial score (nSPS) is 10.0. The molecule has 0 heterocycles. The first-order chi connectivity index (χ1) is 9.94. The molecule has 0 saturated heterocycles. The van der Waals surface area contributed by atoms with Gasteiger partial charge >= 0.3 is 12.0 Å². The van der Waals surface area contributed by atoms with Crippen LogP contribution in [0.5, 0.6) is 0 Å². The molecule has 5 nitrogen and oxygen atoms in total. The number of benzene rings is 2. The van der Waals surface area contributed by atoms with Crippen LogP contribution >= 0.6 is 15.9 Å². The standard InChI is InChI=1S/C15H13BrN2O3/c1-9-3-2-4-12(5-9)17-15(21)18-13-7-10(14(19)20)6-11(16)8-13/h2-8H,1H3,(H,19,20)(H2,17,18,21). The van der Waals surface area contributed by atoms with Gasteiger partial charge in [-0.2, -0.15) is 0 Å². The number of amides is 2. The van der Waals surface area contributed by atoms with Gasteiger partial charge in [0.15, 0.2) is 0 Å². The van der Waals surface area contributed by atoms with Gasteiger partial charge < -0.3 is 15.7 Å². The van der Waals surface area contributed by atoms with E-state index < -0.39 is 12.0 Å². The van der Waals surface area contributed by atoms with E-state index in [2.05, 4.69) is 26.6 Å². The molecule has 0 bridgehead atoms. The number of hydrogen-bond acceptors (Lipinski definition) is 2. The van der Waals surface area contributed by atoms with Crippen molar-refractivity contribution in [1.82, 2.24) is 0 Å². The number of nitrogens with one attached hydrogen (secondary N) is 2. The smallest absolute Gasteiger partial charge is 0.335 e. The summed E-state index contributed by atoms with van der Waals surface area (Å²) in [6, 6.07) is 11.4. The van der Waals surface area contributed by atoms with Crippen molar-refractivity contribution in [1.29, 1.82) is 0 Å². The fraction of sp³-hybridized carbons (Fsp3) is 0.0667. The minimum atomic E-state index is -1.06. The highest BCUT2D eigenvalue weighted by Gasteiger charge is 2.08. The molecular formula is C15H13BrN2O3. The van der Waals surface area contributed by atoms with E-state index in [4.69, 9.17) is 5.11 Å². The van der Waals surface area contributed by atoms with Crippen LogP contribution in [0.4, 0.5) is 16.2 Å². The number of hydrogen-bond donors (Lipinski definition) is 3. The Kier molecular flexibility index (Phi) is 4.59. The van der Waals surface area contributed by atoms with Gasteiger partial charge in [0, 0.05) is 15.8 Å². The Morgan fingerprint density at radius 2 is 1.76 bits per heavy atom. The summed E-state index contributed by atoms with van der Waals surface area (Å²) >= 11 is 3.21. The molecule has 0 atom stereocenters. The Labute approximate surface area is 130 Å². The second kappa shape index (κ2) is 6.41. The first-order valence-corrected chi connectivity index (χ1v) is 6.92. The lowest BCUT2D eigenvalue weighted by Crippen LogP contribution is -2.19. The highest BCUT2D eigenvalue weighted by atomic mass is 79.9. The summed E-state index contributed by atoms with van der Waals surface area (Å²) in [6.45, 7) is 1.93. The molecule has 2 aromatic rings. The molecule has 0 unspecified atom stereocenters. The highest BCUT2D eigenvalue weighted by Crippen LogP contribution is 2.20. The second-order valence-corrected chi connectivity index (χ2v) is 5.40. The number of aryl methyl sites for hydroxylation is 1. The summed E-state index contributed by atoms with van der Waals surface area (Å²) in [6.07, 6.45) is 0. The van der Waals surface area contributed by atoms with Crippen LogP contribution in [0.2, 0.25) is 0 Å². The van der Waals surface area contributed by atoms with E-state index in [-0.39, 0.29) is 5.56 Å². The summed E-state index contributed by atoms with van der Waals surface area (Å²) in [7, 11) is 0. The Bertz CT molecular complexity index is 701. The van der Waals surface area contributed by atoms with Gasteiger partial charge in [-0.3, -0.25) is 0 Å². The zero-order valence-electron chi connectivity index (χ0n) is 11.2. The first kappa shape index (κ1) is 15.1. The van der Waals surface area contributed by atoms with E-state index in [1.807, 2.05) is 25.1 Å². The van der Waals surface area contributed by atoms with Crippen LogP contribution in [-0.2, 0) is 0 Å². The number of carbonyl (C=O) groups excluding carboxylic acids is 1. The van der Waals surface area contributed by atoms with Crippen LogP contribution in [-0.4, -0.2) is 17.1 Å².